The van der Waals surface area contributed by atoms with Crippen molar-refractivity contribution in [3.05, 3.63) is 30.2 Å². The number of aromatic nitrogens is 2. The fourth-order valence-corrected chi connectivity index (χ4v) is 4.16. The molecule has 0 atom stereocenters. The van der Waals surface area contributed by atoms with E-state index in [1.54, 1.807) is 7.11 Å². The van der Waals surface area contributed by atoms with Crippen LogP contribution >= 0.6 is 0 Å². The first kappa shape index (κ1) is 18.9. The van der Waals surface area contributed by atoms with Gasteiger partial charge in [-0.05, 0) is 44.2 Å². The maximum atomic E-state index is 12.5. The maximum absolute atomic E-state index is 12.5. The normalized spacial score (nSPS) is 18.5. The van der Waals surface area contributed by atoms with Crippen molar-refractivity contribution < 1.29 is 18.8 Å². The predicted molar refractivity (Wildman–Crippen MR) is 103 cm³/mol. The molecule has 0 aliphatic carbocycles. The first-order valence-electron chi connectivity index (χ1n) is 10.1. The van der Waals surface area contributed by atoms with Gasteiger partial charge in [-0.2, -0.15) is 4.98 Å². The second-order valence-corrected chi connectivity index (χ2v) is 7.58. The van der Waals surface area contributed by atoms with Gasteiger partial charge in [0.2, 0.25) is 17.6 Å². The Labute approximate surface area is 165 Å². The van der Waals surface area contributed by atoms with Crippen LogP contribution in [0.15, 0.2) is 28.8 Å². The first-order chi connectivity index (χ1) is 13.7. The average Bonchev–Trinajstić information content (AvgIpc) is 3.38. The van der Waals surface area contributed by atoms with Crippen molar-refractivity contribution in [2.45, 2.75) is 50.5 Å². The third-order valence-electron chi connectivity index (χ3n) is 5.81. The molecular formula is C21H27N3O4. The van der Waals surface area contributed by atoms with Crippen LogP contribution in [0.25, 0.3) is 11.4 Å². The molecule has 2 fully saturated rings. The lowest BCUT2D eigenvalue weighted by Crippen LogP contribution is -2.46. The molecule has 3 heterocycles. The molecule has 0 bridgehead atoms. The Bertz CT molecular complexity index is 803. The lowest BCUT2D eigenvalue weighted by molar-refractivity contribution is -0.136. The number of piperidine rings is 1. The molecule has 1 aromatic carbocycles. The molecule has 1 aromatic heterocycles. The molecular weight excluding hydrogens is 358 g/mol. The Morgan fingerprint density at radius 2 is 2.07 bits per heavy atom. The van der Waals surface area contributed by atoms with Gasteiger partial charge in [0, 0.05) is 32.5 Å². The summed E-state index contributed by atoms with van der Waals surface area (Å²) in [5, 5.41) is 4.05. The summed E-state index contributed by atoms with van der Waals surface area (Å²) in [6, 6.07) is 7.57. The number of hydrogen-bond donors (Lipinski definition) is 0. The van der Waals surface area contributed by atoms with E-state index in [0.29, 0.717) is 36.7 Å². The molecule has 0 unspecified atom stereocenters. The molecule has 2 aromatic rings. The minimum Gasteiger partial charge on any atom is -0.496 e. The molecule has 0 N–H and O–H groups in total. The number of carbonyl (C=O) groups excluding carboxylic acids is 1. The molecule has 150 valence electrons. The SMILES string of the molecule is COc1ccccc1-c1noc(CCCC(=O)N2CCC3(CCCO3)CC2)n1. The standard InChI is InChI=1S/C21H27N3O4/c1-26-17-7-3-2-6-16(17)20-22-18(28-23-20)8-4-9-19(25)24-13-11-21(12-14-24)10-5-15-27-21/h2-3,6-7H,4-5,8-15H2,1H3. The molecule has 1 spiro atoms. The Morgan fingerprint density at radius 1 is 1.25 bits per heavy atom. The third-order valence-corrected chi connectivity index (χ3v) is 5.81. The van der Waals surface area contributed by atoms with Gasteiger partial charge in [0.05, 0.1) is 18.3 Å². The van der Waals surface area contributed by atoms with Gasteiger partial charge in [0.15, 0.2) is 0 Å². The molecule has 0 saturated carbocycles. The summed E-state index contributed by atoms with van der Waals surface area (Å²) in [5.74, 6) is 1.97. The van der Waals surface area contributed by atoms with E-state index in [2.05, 4.69) is 10.1 Å². The van der Waals surface area contributed by atoms with Crippen molar-refractivity contribution in [2.24, 2.45) is 0 Å². The van der Waals surface area contributed by atoms with Crippen LogP contribution in [-0.2, 0) is 16.0 Å². The zero-order valence-electron chi connectivity index (χ0n) is 16.4. The highest BCUT2D eigenvalue weighted by Gasteiger charge is 2.39. The van der Waals surface area contributed by atoms with Gasteiger partial charge in [-0.25, -0.2) is 0 Å². The first-order valence-corrected chi connectivity index (χ1v) is 10.1. The van der Waals surface area contributed by atoms with E-state index in [1.165, 1.54) is 0 Å². The summed E-state index contributed by atoms with van der Waals surface area (Å²) in [6.45, 7) is 2.48. The van der Waals surface area contributed by atoms with Crippen LogP contribution < -0.4 is 4.74 Å². The van der Waals surface area contributed by atoms with E-state index in [9.17, 15) is 4.79 Å². The molecule has 2 saturated heterocycles. The molecule has 28 heavy (non-hydrogen) atoms. The fraction of sp³-hybridized carbons (Fsp3) is 0.571. The number of hydrogen-bond acceptors (Lipinski definition) is 6. The van der Waals surface area contributed by atoms with E-state index in [-0.39, 0.29) is 11.5 Å². The van der Waals surface area contributed by atoms with Crippen molar-refractivity contribution in [3.63, 3.8) is 0 Å². The lowest BCUT2D eigenvalue weighted by atomic mass is 9.88. The second-order valence-electron chi connectivity index (χ2n) is 7.58. The number of methoxy groups -OCH3 is 1. The molecule has 2 aliphatic heterocycles. The zero-order valence-corrected chi connectivity index (χ0v) is 16.4. The smallest absolute Gasteiger partial charge is 0.226 e. The van der Waals surface area contributed by atoms with Crippen LogP contribution in [-0.4, -0.2) is 53.4 Å². The quantitative estimate of drug-likeness (QED) is 0.760. The molecule has 4 rings (SSSR count). The minimum absolute atomic E-state index is 0.0510. The third kappa shape index (κ3) is 4.04. The minimum atomic E-state index is 0.0510. The Morgan fingerprint density at radius 3 is 2.82 bits per heavy atom. The van der Waals surface area contributed by atoms with Crippen molar-refractivity contribution in [2.75, 3.05) is 26.8 Å². The van der Waals surface area contributed by atoms with Crippen molar-refractivity contribution in [1.82, 2.24) is 15.0 Å². The maximum Gasteiger partial charge on any atom is 0.226 e. The highest BCUT2D eigenvalue weighted by atomic mass is 16.5. The molecule has 1 amide bonds. The van der Waals surface area contributed by atoms with Crippen LogP contribution in [0.2, 0.25) is 0 Å². The topological polar surface area (TPSA) is 77.7 Å². The highest BCUT2D eigenvalue weighted by molar-refractivity contribution is 5.76. The molecule has 7 heteroatoms. The number of benzene rings is 1. The summed E-state index contributed by atoms with van der Waals surface area (Å²) >= 11 is 0. The Hall–Kier alpha value is -2.41. The van der Waals surface area contributed by atoms with Gasteiger partial charge in [-0.3, -0.25) is 4.79 Å². The van der Waals surface area contributed by atoms with Crippen LogP contribution in [0.1, 0.15) is 44.4 Å². The van der Waals surface area contributed by atoms with Gasteiger partial charge in [0.25, 0.3) is 0 Å². The van der Waals surface area contributed by atoms with Crippen molar-refractivity contribution in [3.8, 4) is 17.1 Å². The van der Waals surface area contributed by atoms with E-state index in [1.807, 2.05) is 29.2 Å². The molecule has 0 radical (unpaired) electrons. The molecule has 7 nitrogen and oxygen atoms in total. The van der Waals surface area contributed by atoms with E-state index >= 15 is 0 Å². The van der Waals surface area contributed by atoms with Gasteiger partial charge in [0.1, 0.15) is 5.75 Å². The van der Waals surface area contributed by atoms with Gasteiger partial charge >= 0.3 is 0 Å². The number of likely N-dealkylation sites (tertiary alicyclic amines) is 1. The molecule has 2 aliphatic rings. The number of amides is 1. The number of nitrogens with zero attached hydrogens (tertiary/aromatic N) is 3. The second kappa shape index (κ2) is 8.31. The zero-order chi connectivity index (χ0) is 19.4. The summed E-state index contributed by atoms with van der Waals surface area (Å²) in [7, 11) is 1.62. The largest absolute Gasteiger partial charge is 0.496 e. The lowest BCUT2D eigenvalue weighted by Gasteiger charge is -2.38. The summed E-state index contributed by atoms with van der Waals surface area (Å²) < 4.78 is 16.6. The number of aryl methyl sites for hydroxylation is 1. The van der Waals surface area contributed by atoms with Crippen LogP contribution in [0.4, 0.5) is 0 Å². The van der Waals surface area contributed by atoms with Crippen LogP contribution in [0.3, 0.4) is 0 Å². The van der Waals surface area contributed by atoms with Gasteiger partial charge in [-0.15, -0.1) is 0 Å². The average molecular weight is 385 g/mol. The van der Waals surface area contributed by atoms with Gasteiger partial charge < -0.3 is 18.9 Å². The van der Waals surface area contributed by atoms with Gasteiger partial charge in [-0.1, -0.05) is 17.3 Å². The fourth-order valence-electron chi connectivity index (χ4n) is 4.16. The predicted octanol–water partition coefficient (Wildman–Crippen LogP) is 3.24. The van der Waals surface area contributed by atoms with E-state index < -0.39 is 0 Å². The number of carbonyl (C=O) groups is 1. The number of ether oxygens (including phenoxy) is 2. The highest BCUT2D eigenvalue weighted by Crippen LogP contribution is 2.35. The van der Waals surface area contributed by atoms with Crippen molar-refractivity contribution >= 4 is 5.91 Å². The number of para-hydroxylation sites is 1. The Balaban J connectivity index is 1.25. The summed E-state index contributed by atoms with van der Waals surface area (Å²) in [6.07, 6.45) is 6.00. The summed E-state index contributed by atoms with van der Waals surface area (Å²) in [5.41, 5.74) is 0.850. The van der Waals surface area contributed by atoms with Crippen LogP contribution in [0, 0.1) is 0 Å². The Kier molecular flexibility index (Phi) is 5.62. The van der Waals surface area contributed by atoms with Crippen LogP contribution in [0.5, 0.6) is 5.75 Å². The summed E-state index contributed by atoms with van der Waals surface area (Å²) in [4.78, 5) is 18.9. The number of rotatable bonds is 6. The van der Waals surface area contributed by atoms with E-state index in [0.717, 1.165) is 50.9 Å². The monoisotopic (exact) mass is 385 g/mol. The van der Waals surface area contributed by atoms with E-state index in [4.69, 9.17) is 14.0 Å². The van der Waals surface area contributed by atoms with Crippen molar-refractivity contribution in [1.29, 1.82) is 0 Å².